The summed E-state index contributed by atoms with van der Waals surface area (Å²) in [7, 11) is 0. The third kappa shape index (κ3) is 3.47. The summed E-state index contributed by atoms with van der Waals surface area (Å²) in [6.45, 7) is 3.83. The van der Waals surface area contributed by atoms with E-state index in [0.717, 1.165) is 0 Å². The first-order valence-electron chi connectivity index (χ1n) is 5.99. The molecule has 0 atom stereocenters. The highest BCUT2D eigenvalue weighted by atomic mass is 35.5. The molecule has 0 aliphatic rings. The Hall–Kier alpha value is -2.19. The number of hydrogen-bond acceptors (Lipinski definition) is 5. The van der Waals surface area contributed by atoms with Gasteiger partial charge in [0.25, 0.3) is 11.6 Å². The Morgan fingerprint density at radius 1 is 1.52 bits per heavy atom. The lowest BCUT2D eigenvalue weighted by Crippen LogP contribution is -2.49. The molecule has 2 rings (SSSR count). The molecular formula is C12H16ClN5O3. The van der Waals surface area contributed by atoms with Gasteiger partial charge in [0.05, 0.1) is 10.4 Å². The van der Waals surface area contributed by atoms with Crippen molar-refractivity contribution in [3.63, 3.8) is 0 Å². The molecule has 0 fully saturated rings. The van der Waals surface area contributed by atoms with Crippen LogP contribution in [0.15, 0.2) is 18.2 Å². The molecule has 0 saturated carbocycles. The SMILES string of the molecule is CC(C)(CN)NC(=O)c1n[nH]c2ccc([N+](=O)[O-])cc12.Cl. The maximum absolute atomic E-state index is 12.2. The molecule has 4 N–H and O–H groups in total. The number of aromatic nitrogens is 2. The number of carbonyl (C=O) groups excluding carboxylic acids is 1. The van der Waals surface area contributed by atoms with Gasteiger partial charge < -0.3 is 11.1 Å². The monoisotopic (exact) mass is 313 g/mol. The van der Waals surface area contributed by atoms with Gasteiger partial charge in [-0.2, -0.15) is 5.10 Å². The van der Waals surface area contributed by atoms with Gasteiger partial charge in [-0.05, 0) is 19.9 Å². The molecule has 2 aromatic rings. The van der Waals surface area contributed by atoms with Crippen LogP contribution in [0.4, 0.5) is 5.69 Å². The lowest BCUT2D eigenvalue weighted by Gasteiger charge is -2.23. The molecule has 114 valence electrons. The minimum absolute atomic E-state index is 0. The second kappa shape index (κ2) is 6.06. The average molecular weight is 314 g/mol. The number of hydrogen-bond donors (Lipinski definition) is 3. The fraction of sp³-hybridized carbons (Fsp3) is 0.333. The quantitative estimate of drug-likeness (QED) is 0.580. The normalized spacial score (nSPS) is 11.0. The van der Waals surface area contributed by atoms with Gasteiger partial charge in [0.1, 0.15) is 0 Å². The van der Waals surface area contributed by atoms with E-state index in [9.17, 15) is 14.9 Å². The van der Waals surface area contributed by atoms with E-state index < -0.39 is 16.4 Å². The first kappa shape index (κ1) is 16.9. The standard InChI is InChI=1S/C12H15N5O3.ClH/c1-12(2,6-13)14-11(18)10-8-5-7(17(19)20)3-4-9(8)15-16-10;/h3-5H,6,13H2,1-2H3,(H,14,18)(H,15,16);1H. The minimum atomic E-state index is -0.580. The van der Waals surface area contributed by atoms with Crippen molar-refractivity contribution >= 4 is 34.9 Å². The number of rotatable bonds is 4. The summed E-state index contributed by atoms with van der Waals surface area (Å²) in [6, 6.07) is 4.19. The van der Waals surface area contributed by atoms with E-state index in [4.69, 9.17) is 5.73 Å². The zero-order valence-corrected chi connectivity index (χ0v) is 12.4. The lowest BCUT2D eigenvalue weighted by molar-refractivity contribution is -0.384. The smallest absolute Gasteiger partial charge is 0.272 e. The fourth-order valence-electron chi connectivity index (χ4n) is 1.71. The Kier molecular flexibility index (Phi) is 4.87. The molecule has 1 amide bonds. The number of H-pyrrole nitrogens is 1. The molecule has 0 spiro atoms. The van der Waals surface area contributed by atoms with Crippen molar-refractivity contribution < 1.29 is 9.72 Å². The van der Waals surface area contributed by atoms with E-state index in [2.05, 4.69) is 15.5 Å². The van der Waals surface area contributed by atoms with Crippen LogP contribution in [0.5, 0.6) is 0 Å². The molecule has 9 heteroatoms. The summed E-state index contributed by atoms with van der Waals surface area (Å²) in [5.74, 6) is -0.424. The predicted octanol–water partition coefficient (Wildman–Crippen LogP) is 1.36. The van der Waals surface area contributed by atoms with E-state index in [-0.39, 0.29) is 30.3 Å². The number of nitrogens with zero attached hydrogens (tertiary/aromatic N) is 2. The number of nitro benzene ring substituents is 1. The van der Waals surface area contributed by atoms with Crippen LogP contribution in [0.3, 0.4) is 0 Å². The Balaban J connectivity index is 0.00000220. The zero-order valence-electron chi connectivity index (χ0n) is 11.5. The predicted molar refractivity (Wildman–Crippen MR) is 80.6 cm³/mol. The van der Waals surface area contributed by atoms with E-state index in [0.29, 0.717) is 10.9 Å². The van der Waals surface area contributed by atoms with Gasteiger partial charge in [0, 0.05) is 29.6 Å². The number of nitrogens with one attached hydrogen (secondary N) is 2. The lowest BCUT2D eigenvalue weighted by atomic mass is 10.1. The number of fused-ring (bicyclic) bond motifs is 1. The van der Waals surface area contributed by atoms with Gasteiger partial charge in [0.15, 0.2) is 5.69 Å². The highest BCUT2D eigenvalue weighted by Gasteiger charge is 2.23. The summed E-state index contributed by atoms with van der Waals surface area (Å²) in [4.78, 5) is 22.4. The number of benzene rings is 1. The molecule has 1 aromatic carbocycles. The molecular weight excluding hydrogens is 298 g/mol. The summed E-state index contributed by atoms with van der Waals surface area (Å²) in [6.07, 6.45) is 0. The third-order valence-corrected chi connectivity index (χ3v) is 2.93. The summed E-state index contributed by atoms with van der Waals surface area (Å²) >= 11 is 0. The largest absolute Gasteiger partial charge is 0.344 e. The molecule has 0 aliphatic carbocycles. The second-order valence-corrected chi connectivity index (χ2v) is 5.10. The van der Waals surface area contributed by atoms with E-state index in [1.54, 1.807) is 13.8 Å². The van der Waals surface area contributed by atoms with Crippen molar-refractivity contribution in [2.45, 2.75) is 19.4 Å². The van der Waals surface area contributed by atoms with E-state index in [1.165, 1.54) is 18.2 Å². The third-order valence-electron chi connectivity index (χ3n) is 2.93. The maximum atomic E-state index is 12.2. The highest BCUT2D eigenvalue weighted by molar-refractivity contribution is 6.05. The van der Waals surface area contributed by atoms with Crippen LogP contribution in [0.2, 0.25) is 0 Å². The van der Waals surface area contributed by atoms with Crippen LogP contribution in [-0.2, 0) is 0 Å². The summed E-state index contributed by atoms with van der Waals surface area (Å²) in [5.41, 5.74) is 5.56. The van der Waals surface area contributed by atoms with Crippen molar-refractivity contribution in [2.75, 3.05) is 6.54 Å². The van der Waals surface area contributed by atoms with E-state index >= 15 is 0 Å². The van der Waals surface area contributed by atoms with Crippen molar-refractivity contribution in [2.24, 2.45) is 5.73 Å². The molecule has 0 radical (unpaired) electrons. The van der Waals surface area contributed by atoms with Crippen LogP contribution < -0.4 is 11.1 Å². The number of halogens is 1. The van der Waals surface area contributed by atoms with Crippen LogP contribution in [0, 0.1) is 10.1 Å². The second-order valence-electron chi connectivity index (χ2n) is 5.10. The minimum Gasteiger partial charge on any atom is -0.344 e. The van der Waals surface area contributed by atoms with Crippen molar-refractivity contribution in [3.05, 3.63) is 34.0 Å². The van der Waals surface area contributed by atoms with Gasteiger partial charge in [0.2, 0.25) is 0 Å². The number of nitro groups is 1. The first-order valence-corrected chi connectivity index (χ1v) is 5.99. The van der Waals surface area contributed by atoms with Gasteiger partial charge in [-0.25, -0.2) is 0 Å². The molecule has 0 bridgehead atoms. The Morgan fingerprint density at radius 3 is 2.76 bits per heavy atom. The van der Waals surface area contributed by atoms with Gasteiger partial charge in [-0.3, -0.25) is 20.0 Å². The number of aromatic amines is 1. The van der Waals surface area contributed by atoms with Gasteiger partial charge in [-0.1, -0.05) is 0 Å². The van der Waals surface area contributed by atoms with Crippen molar-refractivity contribution in [1.29, 1.82) is 0 Å². The van der Waals surface area contributed by atoms with Crippen LogP contribution in [0.25, 0.3) is 10.9 Å². The molecule has 0 unspecified atom stereocenters. The summed E-state index contributed by atoms with van der Waals surface area (Å²) in [5, 5.41) is 20.5. The Labute approximate surface area is 126 Å². The Bertz CT molecular complexity index is 683. The maximum Gasteiger partial charge on any atom is 0.272 e. The number of amides is 1. The molecule has 0 saturated heterocycles. The molecule has 0 aliphatic heterocycles. The molecule has 1 heterocycles. The highest BCUT2D eigenvalue weighted by Crippen LogP contribution is 2.22. The number of nitrogens with two attached hydrogens (primary N) is 1. The zero-order chi connectivity index (χ0) is 14.9. The van der Waals surface area contributed by atoms with E-state index in [1.807, 2.05) is 0 Å². The number of non-ortho nitro benzene ring substituents is 1. The van der Waals surface area contributed by atoms with Gasteiger partial charge in [-0.15, -0.1) is 12.4 Å². The van der Waals surface area contributed by atoms with Crippen LogP contribution in [-0.4, -0.2) is 33.1 Å². The number of carbonyl (C=O) groups is 1. The average Bonchev–Trinajstić information content (AvgIpc) is 2.80. The molecule has 8 nitrogen and oxygen atoms in total. The summed E-state index contributed by atoms with van der Waals surface area (Å²) < 4.78 is 0. The van der Waals surface area contributed by atoms with Crippen molar-refractivity contribution in [3.8, 4) is 0 Å². The first-order chi connectivity index (χ1) is 9.34. The molecule has 1 aromatic heterocycles. The van der Waals surface area contributed by atoms with Crippen LogP contribution in [0.1, 0.15) is 24.3 Å². The topological polar surface area (TPSA) is 127 Å². The van der Waals surface area contributed by atoms with Crippen LogP contribution >= 0.6 is 12.4 Å². The Morgan fingerprint density at radius 2 is 2.19 bits per heavy atom. The van der Waals surface area contributed by atoms with Crippen molar-refractivity contribution in [1.82, 2.24) is 15.5 Å². The fourth-order valence-corrected chi connectivity index (χ4v) is 1.71. The molecule has 21 heavy (non-hydrogen) atoms. The van der Waals surface area contributed by atoms with Gasteiger partial charge >= 0.3 is 0 Å².